The van der Waals surface area contributed by atoms with Gasteiger partial charge < -0.3 is 10.3 Å². The molecule has 1 unspecified atom stereocenters. The first-order chi connectivity index (χ1) is 5.76. The fourth-order valence-corrected chi connectivity index (χ4v) is 1.10. The van der Waals surface area contributed by atoms with E-state index in [0.717, 1.165) is 12.2 Å². The standard InChI is InChI=1S/C9H17N3/c1-3-8(2)5-12-6-9(4-10)11-7-12/h6-8H,3-5,10H2,1-2H3. The number of nitrogens with two attached hydrogens (primary N) is 1. The van der Waals surface area contributed by atoms with Crippen LogP contribution >= 0.6 is 0 Å². The van der Waals surface area contributed by atoms with Gasteiger partial charge in [0.05, 0.1) is 12.0 Å². The molecule has 0 amide bonds. The third-order valence-electron chi connectivity index (χ3n) is 2.12. The molecule has 0 bridgehead atoms. The highest BCUT2D eigenvalue weighted by atomic mass is 15.0. The van der Waals surface area contributed by atoms with E-state index in [0.29, 0.717) is 12.5 Å². The van der Waals surface area contributed by atoms with Crippen molar-refractivity contribution >= 4 is 0 Å². The quantitative estimate of drug-likeness (QED) is 0.736. The van der Waals surface area contributed by atoms with E-state index in [4.69, 9.17) is 5.73 Å². The molecule has 68 valence electrons. The number of imidazole rings is 1. The molecule has 0 aromatic carbocycles. The molecule has 1 rings (SSSR count). The van der Waals surface area contributed by atoms with Gasteiger partial charge in [-0.25, -0.2) is 4.98 Å². The summed E-state index contributed by atoms with van der Waals surface area (Å²) in [5, 5.41) is 0. The number of aromatic nitrogens is 2. The Balaban J connectivity index is 2.52. The maximum absolute atomic E-state index is 5.45. The van der Waals surface area contributed by atoms with Crippen molar-refractivity contribution in [2.45, 2.75) is 33.4 Å². The number of rotatable bonds is 4. The van der Waals surface area contributed by atoms with Crippen LogP contribution in [0.15, 0.2) is 12.5 Å². The molecule has 12 heavy (non-hydrogen) atoms. The van der Waals surface area contributed by atoms with E-state index in [1.807, 2.05) is 12.5 Å². The Hall–Kier alpha value is -0.830. The van der Waals surface area contributed by atoms with Crippen molar-refractivity contribution in [3.05, 3.63) is 18.2 Å². The number of hydrogen-bond donors (Lipinski definition) is 1. The van der Waals surface area contributed by atoms with Crippen LogP contribution in [0.1, 0.15) is 26.0 Å². The second-order valence-electron chi connectivity index (χ2n) is 3.28. The molecule has 0 fully saturated rings. The van der Waals surface area contributed by atoms with E-state index in [-0.39, 0.29) is 0 Å². The van der Waals surface area contributed by atoms with Gasteiger partial charge in [0, 0.05) is 19.3 Å². The zero-order chi connectivity index (χ0) is 8.97. The van der Waals surface area contributed by atoms with Crippen LogP contribution in [0.4, 0.5) is 0 Å². The van der Waals surface area contributed by atoms with E-state index >= 15 is 0 Å². The lowest BCUT2D eigenvalue weighted by Crippen LogP contribution is -2.04. The molecule has 3 heteroatoms. The van der Waals surface area contributed by atoms with Gasteiger partial charge in [-0.15, -0.1) is 0 Å². The lowest BCUT2D eigenvalue weighted by Gasteiger charge is -2.07. The smallest absolute Gasteiger partial charge is 0.0950 e. The summed E-state index contributed by atoms with van der Waals surface area (Å²) in [6, 6.07) is 0. The van der Waals surface area contributed by atoms with Crippen LogP contribution in [-0.2, 0) is 13.1 Å². The van der Waals surface area contributed by atoms with Crippen LogP contribution in [0.2, 0.25) is 0 Å². The summed E-state index contributed by atoms with van der Waals surface area (Å²) in [7, 11) is 0. The predicted octanol–water partition coefficient (Wildman–Crippen LogP) is 1.39. The number of hydrogen-bond acceptors (Lipinski definition) is 2. The summed E-state index contributed by atoms with van der Waals surface area (Å²) in [5.74, 6) is 0.713. The molecule has 0 saturated heterocycles. The van der Waals surface area contributed by atoms with Gasteiger partial charge in [-0.2, -0.15) is 0 Å². The second kappa shape index (κ2) is 4.26. The molecule has 0 spiro atoms. The van der Waals surface area contributed by atoms with E-state index in [9.17, 15) is 0 Å². The van der Waals surface area contributed by atoms with Crippen LogP contribution in [0.5, 0.6) is 0 Å². The third-order valence-corrected chi connectivity index (χ3v) is 2.12. The summed E-state index contributed by atoms with van der Waals surface area (Å²) < 4.78 is 2.11. The first-order valence-electron chi connectivity index (χ1n) is 4.47. The fraction of sp³-hybridized carbons (Fsp3) is 0.667. The van der Waals surface area contributed by atoms with Crippen molar-refractivity contribution in [1.29, 1.82) is 0 Å². The van der Waals surface area contributed by atoms with Crippen molar-refractivity contribution in [1.82, 2.24) is 9.55 Å². The largest absolute Gasteiger partial charge is 0.337 e. The van der Waals surface area contributed by atoms with E-state index in [2.05, 4.69) is 23.4 Å². The first-order valence-corrected chi connectivity index (χ1v) is 4.47. The SMILES string of the molecule is CCC(C)Cn1cnc(CN)c1. The summed E-state index contributed by atoms with van der Waals surface area (Å²) in [6.45, 7) is 6.02. The molecule has 0 aliphatic carbocycles. The van der Waals surface area contributed by atoms with Crippen LogP contribution in [-0.4, -0.2) is 9.55 Å². The molecule has 1 atom stereocenters. The molecule has 1 aromatic heterocycles. The van der Waals surface area contributed by atoms with E-state index in [1.54, 1.807) is 0 Å². The van der Waals surface area contributed by atoms with Crippen molar-refractivity contribution in [3.63, 3.8) is 0 Å². The van der Waals surface area contributed by atoms with Gasteiger partial charge in [0.1, 0.15) is 0 Å². The minimum atomic E-state index is 0.535. The maximum Gasteiger partial charge on any atom is 0.0950 e. The van der Waals surface area contributed by atoms with Gasteiger partial charge in [0.15, 0.2) is 0 Å². The summed E-state index contributed by atoms with van der Waals surface area (Å²) in [6.07, 6.45) is 5.08. The average Bonchev–Trinajstić information content (AvgIpc) is 2.52. The summed E-state index contributed by atoms with van der Waals surface area (Å²) >= 11 is 0. The Labute approximate surface area is 73.6 Å². The zero-order valence-electron chi connectivity index (χ0n) is 7.83. The van der Waals surface area contributed by atoms with Crippen LogP contribution in [0.25, 0.3) is 0 Å². The zero-order valence-corrected chi connectivity index (χ0v) is 7.83. The highest BCUT2D eigenvalue weighted by Gasteiger charge is 2.00. The van der Waals surface area contributed by atoms with Gasteiger partial charge >= 0.3 is 0 Å². The summed E-state index contributed by atoms with van der Waals surface area (Å²) in [4.78, 5) is 4.16. The molecule has 0 aliphatic heterocycles. The molecule has 1 aromatic rings. The molecular weight excluding hydrogens is 150 g/mol. The lowest BCUT2D eigenvalue weighted by molar-refractivity contribution is 0.468. The molecule has 3 nitrogen and oxygen atoms in total. The van der Waals surface area contributed by atoms with Gasteiger partial charge in [0.2, 0.25) is 0 Å². The highest BCUT2D eigenvalue weighted by Crippen LogP contribution is 2.05. The minimum Gasteiger partial charge on any atom is -0.337 e. The van der Waals surface area contributed by atoms with Crippen LogP contribution in [0, 0.1) is 5.92 Å². The van der Waals surface area contributed by atoms with E-state index in [1.165, 1.54) is 6.42 Å². The number of nitrogens with zero attached hydrogens (tertiary/aromatic N) is 2. The molecule has 1 heterocycles. The van der Waals surface area contributed by atoms with Crippen molar-refractivity contribution in [2.24, 2.45) is 11.7 Å². The average molecular weight is 167 g/mol. The van der Waals surface area contributed by atoms with Gasteiger partial charge in [-0.1, -0.05) is 20.3 Å². The van der Waals surface area contributed by atoms with Gasteiger partial charge in [-0.05, 0) is 5.92 Å². The fourth-order valence-electron chi connectivity index (χ4n) is 1.10. The normalized spacial score (nSPS) is 13.2. The van der Waals surface area contributed by atoms with Gasteiger partial charge in [0.25, 0.3) is 0 Å². The Kier molecular flexibility index (Phi) is 3.29. The Morgan fingerprint density at radius 1 is 1.67 bits per heavy atom. The van der Waals surface area contributed by atoms with Crippen molar-refractivity contribution in [3.8, 4) is 0 Å². The van der Waals surface area contributed by atoms with Crippen LogP contribution < -0.4 is 5.73 Å². The van der Waals surface area contributed by atoms with Crippen LogP contribution in [0.3, 0.4) is 0 Å². The summed E-state index contributed by atoms with van der Waals surface area (Å²) in [5.41, 5.74) is 6.42. The van der Waals surface area contributed by atoms with Gasteiger partial charge in [-0.3, -0.25) is 0 Å². The molecule has 0 radical (unpaired) electrons. The Morgan fingerprint density at radius 2 is 2.42 bits per heavy atom. The maximum atomic E-state index is 5.45. The highest BCUT2D eigenvalue weighted by molar-refractivity contribution is 4.95. The third kappa shape index (κ3) is 2.34. The van der Waals surface area contributed by atoms with Crippen molar-refractivity contribution < 1.29 is 0 Å². The molecular formula is C9H17N3. The Bertz CT molecular complexity index is 229. The lowest BCUT2D eigenvalue weighted by atomic mass is 10.1. The second-order valence-corrected chi connectivity index (χ2v) is 3.28. The molecule has 0 saturated carbocycles. The topological polar surface area (TPSA) is 43.8 Å². The first kappa shape index (κ1) is 9.26. The van der Waals surface area contributed by atoms with E-state index < -0.39 is 0 Å². The predicted molar refractivity (Wildman–Crippen MR) is 49.6 cm³/mol. The van der Waals surface area contributed by atoms with Crippen molar-refractivity contribution in [2.75, 3.05) is 0 Å². The monoisotopic (exact) mass is 167 g/mol. The molecule has 2 N–H and O–H groups in total. The minimum absolute atomic E-state index is 0.535. The Morgan fingerprint density at radius 3 is 2.92 bits per heavy atom. The molecule has 0 aliphatic rings.